The molecule has 21 heavy (non-hydrogen) atoms. The van der Waals surface area contributed by atoms with Crippen LogP contribution in [-0.2, 0) is 13.1 Å². The van der Waals surface area contributed by atoms with Gasteiger partial charge in [0, 0.05) is 31.5 Å². The predicted molar refractivity (Wildman–Crippen MR) is 84.4 cm³/mol. The van der Waals surface area contributed by atoms with Crippen LogP contribution >= 0.6 is 0 Å². The molecular weight excluding hydrogens is 258 g/mol. The van der Waals surface area contributed by atoms with Gasteiger partial charge in [-0.3, -0.25) is 9.88 Å². The molecular formula is C18H21N3. The van der Waals surface area contributed by atoms with Crippen molar-refractivity contribution in [3.8, 4) is 6.07 Å². The molecule has 1 aromatic carbocycles. The van der Waals surface area contributed by atoms with E-state index in [2.05, 4.69) is 41.9 Å². The average Bonchev–Trinajstić information content (AvgIpc) is 2.54. The zero-order chi connectivity index (χ0) is 15.1. The van der Waals surface area contributed by atoms with E-state index in [9.17, 15) is 0 Å². The van der Waals surface area contributed by atoms with Gasteiger partial charge in [0.05, 0.1) is 11.6 Å². The summed E-state index contributed by atoms with van der Waals surface area (Å²) in [7, 11) is 0. The molecule has 0 radical (unpaired) electrons. The number of hydrogen-bond acceptors (Lipinski definition) is 3. The zero-order valence-corrected chi connectivity index (χ0v) is 12.7. The van der Waals surface area contributed by atoms with Crippen LogP contribution in [0.15, 0.2) is 48.8 Å². The van der Waals surface area contributed by atoms with Gasteiger partial charge in [0.15, 0.2) is 0 Å². The van der Waals surface area contributed by atoms with Crippen LogP contribution in [0, 0.1) is 11.3 Å². The second kappa shape index (κ2) is 7.56. The Kier molecular flexibility index (Phi) is 5.48. The van der Waals surface area contributed by atoms with Crippen LogP contribution in [0.2, 0.25) is 0 Å². The van der Waals surface area contributed by atoms with Gasteiger partial charge in [-0.15, -0.1) is 0 Å². The van der Waals surface area contributed by atoms with E-state index < -0.39 is 0 Å². The number of nitrogens with zero attached hydrogens (tertiary/aromatic N) is 3. The minimum Gasteiger partial charge on any atom is -0.292 e. The van der Waals surface area contributed by atoms with Crippen LogP contribution in [0.4, 0.5) is 0 Å². The third-order valence-electron chi connectivity index (χ3n) is 3.76. The van der Waals surface area contributed by atoms with Crippen molar-refractivity contribution in [1.82, 2.24) is 9.88 Å². The maximum Gasteiger partial charge on any atom is 0.0991 e. The molecule has 3 nitrogen and oxygen atoms in total. The summed E-state index contributed by atoms with van der Waals surface area (Å²) in [5.74, 6) is 0. The molecule has 108 valence electrons. The van der Waals surface area contributed by atoms with E-state index in [1.54, 1.807) is 6.20 Å². The smallest absolute Gasteiger partial charge is 0.0991 e. The van der Waals surface area contributed by atoms with Gasteiger partial charge in [0.25, 0.3) is 0 Å². The molecule has 0 amide bonds. The molecule has 0 saturated heterocycles. The monoisotopic (exact) mass is 279 g/mol. The van der Waals surface area contributed by atoms with Crippen LogP contribution in [0.5, 0.6) is 0 Å². The summed E-state index contributed by atoms with van der Waals surface area (Å²) in [5.41, 5.74) is 3.12. The van der Waals surface area contributed by atoms with Gasteiger partial charge in [0.2, 0.25) is 0 Å². The van der Waals surface area contributed by atoms with E-state index in [0.29, 0.717) is 6.04 Å². The molecule has 0 fully saturated rings. The summed E-state index contributed by atoms with van der Waals surface area (Å²) in [6.07, 6.45) is 4.81. The highest BCUT2D eigenvalue weighted by Crippen LogP contribution is 2.15. The highest BCUT2D eigenvalue weighted by molar-refractivity contribution is 5.32. The van der Waals surface area contributed by atoms with Gasteiger partial charge in [-0.1, -0.05) is 25.1 Å². The summed E-state index contributed by atoms with van der Waals surface area (Å²) in [6.45, 7) is 6.16. The third kappa shape index (κ3) is 4.40. The Morgan fingerprint density at radius 3 is 2.62 bits per heavy atom. The third-order valence-corrected chi connectivity index (χ3v) is 3.76. The molecule has 0 bridgehead atoms. The lowest BCUT2D eigenvalue weighted by molar-refractivity contribution is 0.186. The van der Waals surface area contributed by atoms with Gasteiger partial charge in [-0.2, -0.15) is 5.26 Å². The molecule has 0 saturated carbocycles. The minimum absolute atomic E-state index is 0.482. The maximum absolute atomic E-state index is 9.01. The van der Waals surface area contributed by atoms with Crippen LogP contribution in [0.1, 0.15) is 37.0 Å². The predicted octanol–water partition coefficient (Wildman–Crippen LogP) is 3.75. The number of rotatable bonds is 6. The first-order chi connectivity index (χ1) is 10.2. The Bertz CT molecular complexity index is 601. The zero-order valence-electron chi connectivity index (χ0n) is 12.7. The number of pyridine rings is 1. The van der Waals surface area contributed by atoms with E-state index >= 15 is 0 Å². The van der Waals surface area contributed by atoms with Crippen LogP contribution < -0.4 is 0 Å². The van der Waals surface area contributed by atoms with Gasteiger partial charge in [-0.25, -0.2) is 0 Å². The van der Waals surface area contributed by atoms with Crippen molar-refractivity contribution >= 4 is 0 Å². The maximum atomic E-state index is 9.01. The van der Waals surface area contributed by atoms with Crippen molar-refractivity contribution in [3.63, 3.8) is 0 Å². The van der Waals surface area contributed by atoms with E-state index in [1.165, 1.54) is 11.1 Å². The Morgan fingerprint density at radius 2 is 1.95 bits per heavy atom. The van der Waals surface area contributed by atoms with Crippen molar-refractivity contribution in [2.75, 3.05) is 0 Å². The van der Waals surface area contributed by atoms with Gasteiger partial charge in [-0.05, 0) is 42.7 Å². The number of hydrogen-bond donors (Lipinski definition) is 0. The summed E-state index contributed by atoms with van der Waals surface area (Å²) in [5, 5.41) is 9.01. The lowest BCUT2D eigenvalue weighted by Gasteiger charge is -2.28. The first kappa shape index (κ1) is 15.2. The molecule has 1 atom stereocenters. The number of nitriles is 1. The van der Waals surface area contributed by atoms with Crippen molar-refractivity contribution in [3.05, 3.63) is 65.5 Å². The lowest BCUT2D eigenvalue weighted by Crippen LogP contribution is -2.31. The quantitative estimate of drug-likeness (QED) is 0.808. The normalized spacial score (nSPS) is 12.1. The summed E-state index contributed by atoms with van der Waals surface area (Å²) in [6, 6.07) is 14.6. The summed E-state index contributed by atoms with van der Waals surface area (Å²) >= 11 is 0. The molecule has 2 rings (SSSR count). The molecule has 0 aliphatic heterocycles. The van der Waals surface area contributed by atoms with Gasteiger partial charge >= 0.3 is 0 Å². The summed E-state index contributed by atoms with van der Waals surface area (Å²) in [4.78, 5) is 6.61. The molecule has 3 heteroatoms. The number of aromatic nitrogens is 1. The molecule has 0 N–H and O–H groups in total. The highest BCUT2D eigenvalue weighted by atomic mass is 15.1. The standard InChI is InChI=1S/C18H21N3/c1-3-15(2)21(14-18-8-5-9-20-12-18)13-17-7-4-6-16(10-17)11-19/h4-10,12,15H,3,13-14H2,1-2H3/t15-/m1/s1. The van der Waals surface area contributed by atoms with E-state index in [0.717, 1.165) is 25.1 Å². The fourth-order valence-corrected chi connectivity index (χ4v) is 2.33. The second-order valence-corrected chi connectivity index (χ2v) is 5.34. The fraction of sp³-hybridized carbons (Fsp3) is 0.333. The SMILES string of the molecule is CC[C@@H](C)N(Cc1cccnc1)Cc1cccc(C#N)c1. The lowest BCUT2D eigenvalue weighted by atomic mass is 10.1. The van der Waals surface area contributed by atoms with Gasteiger partial charge < -0.3 is 0 Å². The molecule has 2 aromatic rings. The minimum atomic E-state index is 0.482. The molecule has 0 aliphatic rings. The Morgan fingerprint density at radius 1 is 1.19 bits per heavy atom. The highest BCUT2D eigenvalue weighted by Gasteiger charge is 2.13. The van der Waals surface area contributed by atoms with Crippen LogP contribution in [0.3, 0.4) is 0 Å². The van der Waals surface area contributed by atoms with Crippen molar-refractivity contribution in [2.45, 2.75) is 39.4 Å². The Labute approximate surface area is 126 Å². The molecule has 0 spiro atoms. The molecule has 1 heterocycles. The summed E-state index contributed by atoms with van der Waals surface area (Å²) < 4.78 is 0. The van der Waals surface area contributed by atoms with Crippen molar-refractivity contribution < 1.29 is 0 Å². The van der Waals surface area contributed by atoms with Crippen molar-refractivity contribution in [1.29, 1.82) is 5.26 Å². The Balaban J connectivity index is 2.14. The number of benzene rings is 1. The molecule has 0 aliphatic carbocycles. The van der Waals surface area contributed by atoms with Crippen LogP contribution in [0.25, 0.3) is 0 Å². The molecule has 1 aromatic heterocycles. The van der Waals surface area contributed by atoms with E-state index in [1.807, 2.05) is 30.5 Å². The van der Waals surface area contributed by atoms with E-state index in [-0.39, 0.29) is 0 Å². The van der Waals surface area contributed by atoms with Crippen LogP contribution in [-0.4, -0.2) is 15.9 Å². The van der Waals surface area contributed by atoms with Gasteiger partial charge in [0.1, 0.15) is 0 Å². The first-order valence-electron chi connectivity index (χ1n) is 7.35. The topological polar surface area (TPSA) is 39.9 Å². The van der Waals surface area contributed by atoms with E-state index in [4.69, 9.17) is 5.26 Å². The largest absolute Gasteiger partial charge is 0.292 e. The fourth-order valence-electron chi connectivity index (χ4n) is 2.33. The Hall–Kier alpha value is -2.18. The second-order valence-electron chi connectivity index (χ2n) is 5.34. The average molecular weight is 279 g/mol. The first-order valence-corrected chi connectivity index (χ1v) is 7.35. The van der Waals surface area contributed by atoms with Crippen molar-refractivity contribution in [2.24, 2.45) is 0 Å². The molecule has 0 unspecified atom stereocenters.